The summed E-state index contributed by atoms with van der Waals surface area (Å²) in [5.74, 6) is -7.88. The number of fused-ring (bicyclic) bond motifs is 2. The Bertz CT molecular complexity index is 1870. The smallest absolute Gasteiger partial charge is 0.424 e. The number of aliphatic hydroxyl groups is 1. The molecule has 2 amide bonds. The average molecular weight is 639 g/mol. The van der Waals surface area contributed by atoms with Gasteiger partial charge in [0.25, 0.3) is 5.91 Å². The second kappa shape index (κ2) is 10.6. The number of aryl methyl sites for hydroxylation is 1. The van der Waals surface area contributed by atoms with Gasteiger partial charge in [0.05, 0.1) is 22.8 Å². The van der Waals surface area contributed by atoms with Gasteiger partial charge in [-0.3, -0.25) is 14.6 Å². The van der Waals surface area contributed by atoms with Gasteiger partial charge in [0.2, 0.25) is 11.5 Å². The maximum atomic E-state index is 14.9. The van der Waals surface area contributed by atoms with E-state index >= 15 is 0 Å². The lowest BCUT2D eigenvalue weighted by atomic mass is 9.81. The fourth-order valence-electron chi connectivity index (χ4n) is 4.78. The van der Waals surface area contributed by atoms with E-state index in [1.807, 2.05) is 5.32 Å². The van der Waals surface area contributed by atoms with E-state index in [1.165, 1.54) is 25.3 Å². The minimum atomic E-state index is -5.53. The van der Waals surface area contributed by atoms with Gasteiger partial charge in [-0.15, -0.1) is 0 Å². The predicted molar refractivity (Wildman–Crippen MR) is 145 cm³/mol. The zero-order chi connectivity index (χ0) is 32.4. The highest BCUT2D eigenvalue weighted by molar-refractivity contribution is 6.35. The summed E-state index contributed by atoms with van der Waals surface area (Å²) in [7, 11) is 0. The van der Waals surface area contributed by atoms with Crippen LogP contribution in [0.25, 0.3) is 22.2 Å². The number of halogens is 7. The monoisotopic (exact) mass is 638 g/mol. The molecule has 0 saturated carbocycles. The van der Waals surface area contributed by atoms with Crippen molar-refractivity contribution in [3.8, 4) is 17.0 Å². The summed E-state index contributed by atoms with van der Waals surface area (Å²) in [6.07, 6.45) is -3.99. The number of amides is 2. The third-order valence-electron chi connectivity index (χ3n) is 7.44. The van der Waals surface area contributed by atoms with Crippen molar-refractivity contribution in [3.05, 3.63) is 87.5 Å². The van der Waals surface area contributed by atoms with Crippen molar-refractivity contribution in [3.63, 3.8) is 0 Å². The largest absolute Gasteiger partial charge is 0.489 e. The predicted octanol–water partition coefficient (Wildman–Crippen LogP) is 4.99. The van der Waals surface area contributed by atoms with Gasteiger partial charge < -0.3 is 20.9 Å². The van der Waals surface area contributed by atoms with Crippen LogP contribution < -0.4 is 15.8 Å². The molecule has 15 heteroatoms. The Morgan fingerprint density at radius 1 is 1.14 bits per heavy atom. The van der Waals surface area contributed by atoms with E-state index in [2.05, 4.69) is 9.97 Å². The van der Waals surface area contributed by atoms with Gasteiger partial charge in [-0.25, -0.2) is 18.2 Å². The average Bonchev–Trinajstić information content (AvgIpc) is 3.31. The van der Waals surface area contributed by atoms with Crippen LogP contribution in [0.15, 0.2) is 42.6 Å². The fraction of sp³-hybridized carbons (Fsp3) is 0.241. The number of ether oxygens (including phenoxy) is 1. The Labute approximate surface area is 249 Å². The first-order valence-electron chi connectivity index (χ1n) is 12.7. The number of nitrogens with zero attached hydrogens (tertiary/aromatic N) is 2. The van der Waals surface area contributed by atoms with Crippen LogP contribution in [0.2, 0.25) is 5.02 Å². The summed E-state index contributed by atoms with van der Waals surface area (Å²) in [5, 5.41) is 13.6. The van der Waals surface area contributed by atoms with Crippen molar-refractivity contribution in [1.82, 2.24) is 15.3 Å². The number of carbonyl (C=O) groups is 2. The highest BCUT2D eigenvalue weighted by atomic mass is 35.5. The number of benzene rings is 2. The van der Waals surface area contributed by atoms with Crippen LogP contribution in [0.3, 0.4) is 0 Å². The van der Waals surface area contributed by atoms with Crippen LogP contribution in [0.5, 0.6) is 5.75 Å². The van der Waals surface area contributed by atoms with Gasteiger partial charge in [0.1, 0.15) is 23.5 Å². The van der Waals surface area contributed by atoms with Crippen molar-refractivity contribution in [2.45, 2.75) is 31.0 Å². The number of nitrogens with two attached hydrogens (primary N) is 1. The normalized spacial score (nSPS) is 17.6. The number of hydrogen-bond donors (Lipinski definition) is 3. The number of aromatic nitrogens is 2. The summed E-state index contributed by atoms with van der Waals surface area (Å²) < 4.78 is 92.0. The molecule has 0 radical (unpaired) electrons. The number of nitrogens with one attached hydrogen (secondary N) is 1. The Kier molecular flexibility index (Phi) is 7.49. The number of carbonyl (C=O) groups excluding carboxylic acids is 2. The summed E-state index contributed by atoms with van der Waals surface area (Å²) >= 11 is 6.22. The number of pyridine rings is 2. The van der Waals surface area contributed by atoms with E-state index in [0.717, 1.165) is 5.56 Å². The third kappa shape index (κ3) is 4.97. The quantitative estimate of drug-likeness (QED) is 0.202. The van der Waals surface area contributed by atoms with Crippen LogP contribution in [0, 0.1) is 24.4 Å². The minimum absolute atomic E-state index is 0.0444. The van der Waals surface area contributed by atoms with Crippen molar-refractivity contribution in [2.24, 2.45) is 5.73 Å². The molecule has 1 aliphatic heterocycles. The Morgan fingerprint density at radius 3 is 2.50 bits per heavy atom. The van der Waals surface area contributed by atoms with Crippen LogP contribution in [-0.2, 0) is 15.8 Å². The van der Waals surface area contributed by atoms with Crippen LogP contribution >= 0.6 is 11.6 Å². The zero-order valence-corrected chi connectivity index (χ0v) is 23.5. The van der Waals surface area contributed by atoms with Crippen molar-refractivity contribution in [1.29, 1.82) is 0 Å². The molecule has 0 spiro atoms. The molecule has 0 bridgehead atoms. The number of alkyl halides is 3. The highest BCUT2D eigenvalue weighted by Crippen LogP contribution is 2.48. The Hall–Kier alpha value is -4.43. The second-order valence-corrected chi connectivity index (χ2v) is 10.9. The summed E-state index contributed by atoms with van der Waals surface area (Å²) in [4.78, 5) is 33.3. The minimum Gasteiger partial charge on any atom is -0.489 e. The number of rotatable bonds is 6. The molecule has 2 aromatic heterocycles. The van der Waals surface area contributed by atoms with E-state index < -0.39 is 82.3 Å². The van der Waals surface area contributed by atoms with E-state index in [-0.39, 0.29) is 16.1 Å². The molecule has 0 fully saturated rings. The number of hydrogen-bond acceptors (Lipinski definition) is 6. The SMILES string of the molecule is Cc1cnc2c(Cl)cc(C(=O)NCC(O)(c3cc4c(c(-c5ccc(F)c(F)c5F)n3)OC[C@]4(C)C(N)=O)C(F)(F)F)cc2c1. The summed E-state index contributed by atoms with van der Waals surface area (Å²) in [6, 6.07) is 6.09. The van der Waals surface area contributed by atoms with E-state index in [4.69, 9.17) is 22.1 Å². The van der Waals surface area contributed by atoms with Gasteiger partial charge in [0, 0.05) is 28.3 Å². The van der Waals surface area contributed by atoms with Crippen LogP contribution in [-0.4, -0.2) is 46.2 Å². The first-order valence-corrected chi connectivity index (χ1v) is 13.1. The van der Waals surface area contributed by atoms with Gasteiger partial charge in [-0.1, -0.05) is 11.6 Å². The molecule has 44 heavy (non-hydrogen) atoms. The molecule has 2 atom stereocenters. The molecule has 5 rings (SSSR count). The third-order valence-corrected chi connectivity index (χ3v) is 7.73. The molecule has 2 aromatic carbocycles. The lowest BCUT2D eigenvalue weighted by molar-refractivity contribution is -0.265. The molecular weight excluding hydrogens is 618 g/mol. The van der Waals surface area contributed by atoms with E-state index in [0.29, 0.717) is 29.1 Å². The maximum Gasteiger partial charge on any atom is 0.424 e. The number of primary amides is 1. The summed E-state index contributed by atoms with van der Waals surface area (Å²) in [5.41, 5.74) is -2.46. The zero-order valence-electron chi connectivity index (χ0n) is 22.7. The second-order valence-electron chi connectivity index (χ2n) is 10.5. The first kappa shape index (κ1) is 31.0. The molecule has 8 nitrogen and oxygen atoms in total. The molecule has 1 unspecified atom stereocenters. The molecule has 4 N–H and O–H groups in total. The van der Waals surface area contributed by atoms with Gasteiger partial charge in [-0.2, -0.15) is 13.2 Å². The molecule has 230 valence electrons. The standard InChI is InChI=1S/C29H21ClF6N4O4/c1-12-5-13-6-14(7-17(30)22(13)38-9-12)25(41)39-10-28(43,29(34,35)36)19-8-16-24(44-11-27(16,2)26(37)42)23(40-19)15-3-4-18(31)21(33)20(15)32/h3-9,43H,10-11H2,1-2H3,(H2,37,42)(H,39,41)/t27-,28?/m0/s1. The lowest BCUT2D eigenvalue weighted by Gasteiger charge is -2.31. The highest BCUT2D eigenvalue weighted by Gasteiger charge is 2.58. The summed E-state index contributed by atoms with van der Waals surface area (Å²) in [6.45, 7) is 0.926. The van der Waals surface area contributed by atoms with E-state index in [1.54, 1.807) is 13.0 Å². The van der Waals surface area contributed by atoms with Crippen LogP contribution in [0.1, 0.15) is 34.1 Å². The molecule has 1 aliphatic rings. The Balaban J connectivity index is 1.63. The van der Waals surface area contributed by atoms with Crippen LogP contribution in [0.4, 0.5) is 26.3 Å². The lowest BCUT2D eigenvalue weighted by Crippen LogP contribution is -2.51. The molecule has 3 heterocycles. The molecule has 0 saturated heterocycles. The molecule has 0 aliphatic carbocycles. The maximum absolute atomic E-state index is 14.9. The Morgan fingerprint density at radius 2 is 1.84 bits per heavy atom. The molecule has 4 aromatic rings. The first-order chi connectivity index (χ1) is 20.5. The van der Waals surface area contributed by atoms with Crippen molar-refractivity contribution >= 4 is 34.3 Å². The van der Waals surface area contributed by atoms with E-state index in [9.17, 15) is 41.0 Å². The van der Waals surface area contributed by atoms with Gasteiger partial charge >= 0.3 is 6.18 Å². The van der Waals surface area contributed by atoms with Crippen molar-refractivity contribution < 1.29 is 45.8 Å². The van der Waals surface area contributed by atoms with Gasteiger partial charge in [0.15, 0.2) is 17.5 Å². The van der Waals surface area contributed by atoms with Gasteiger partial charge in [-0.05, 0) is 55.8 Å². The molecular formula is C29H21ClF6N4O4. The fourth-order valence-corrected chi connectivity index (χ4v) is 5.06. The topological polar surface area (TPSA) is 127 Å². The van der Waals surface area contributed by atoms with Crippen molar-refractivity contribution in [2.75, 3.05) is 13.2 Å².